The topological polar surface area (TPSA) is 88.8 Å². The summed E-state index contributed by atoms with van der Waals surface area (Å²) in [5, 5.41) is 8.87. The zero-order valence-electron chi connectivity index (χ0n) is 13.6. The highest BCUT2D eigenvalue weighted by molar-refractivity contribution is 5.87. The van der Waals surface area contributed by atoms with Crippen molar-refractivity contribution in [3.63, 3.8) is 0 Å². The molecular formula is C16H22N2O5. The number of aromatic nitrogens is 1. The molecule has 1 N–H and O–H groups in total. The van der Waals surface area contributed by atoms with Gasteiger partial charge in [0.15, 0.2) is 0 Å². The molecule has 0 saturated carbocycles. The van der Waals surface area contributed by atoms with E-state index in [0.29, 0.717) is 19.6 Å². The van der Waals surface area contributed by atoms with Crippen LogP contribution >= 0.6 is 0 Å². The molecule has 1 aromatic heterocycles. The smallest absolute Gasteiger partial charge is 0.410 e. The zero-order chi connectivity index (χ0) is 17.2. The quantitative estimate of drug-likeness (QED) is 0.916. The second kappa shape index (κ2) is 6.44. The first kappa shape index (κ1) is 17.1. The minimum atomic E-state index is -1.12. The number of amides is 1. The molecule has 7 nitrogen and oxygen atoms in total. The molecule has 2 heterocycles. The third-order valence-corrected chi connectivity index (χ3v) is 3.64. The number of ether oxygens (including phenoxy) is 1. The maximum absolute atomic E-state index is 12.0. The van der Waals surface area contributed by atoms with Gasteiger partial charge in [-0.05, 0) is 39.2 Å². The lowest BCUT2D eigenvalue weighted by Gasteiger charge is -2.24. The van der Waals surface area contributed by atoms with Crippen LogP contribution in [0.5, 0.6) is 0 Å². The minimum absolute atomic E-state index is 0.0203. The SMILES string of the molecule is CC(C)(C)OC(=O)N1CCC(Cn2ccc(C(=O)O)cc2=O)C1. The molecule has 0 aliphatic carbocycles. The number of nitrogens with zero attached hydrogens (tertiary/aromatic N) is 2. The molecule has 0 bridgehead atoms. The van der Waals surface area contributed by atoms with Crippen molar-refractivity contribution >= 4 is 12.1 Å². The third kappa shape index (κ3) is 4.58. The maximum atomic E-state index is 12.0. The van der Waals surface area contributed by atoms with Gasteiger partial charge in [-0.2, -0.15) is 0 Å². The molecule has 1 saturated heterocycles. The Morgan fingerprint density at radius 2 is 2.09 bits per heavy atom. The van der Waals surface area contributed by atoms with Gasteiger partial charge in [0.2, 0.25) is 0 Å². The summed E-state index contributed by atoms with van der Waals surface area (Å²) in [5.41, 5.74) is -0.896. The summed E-state index contributed by atoms with van der Waals surface area (Å²) in [4.78, 5) is 36.4. The highest BCUT2D eigenvalue weighted by atomic mass is 16.6. The number of rotatable bonds is 3. The van der Waals surface area contributed by atoms with Crippen LogP contribution in [0.15, 0.2) is 23.1 Å². The monoisotopic (exact) mass is 322 g/mol. The molecule has 23 heavy (non-hydrogen) atoms. The van der Waals surface area contributed by atoms with Crippen LogP contribution in [0.25, 0.3) is 0 Å². The Morgan fingerprint density at radius 1 is 1.39 bits per heavy atom. The van der Waals surface area contributed by atoms with Gasteiger partial charge in [0, 0.05) is 31.9 Å². The first-order chi connectivity index (χ1) is 10.7. The Hall–Kier alpha value is -2.31. The number of carbonyl (C=O) groups excluding carboxylic acids is 1. The molecule has 0 aromatic carbocycles. The molecule has 1 aliphatic rings. The van der Waals surface area contributed by atoms with Crippen molar-refractivity contribution in [3.05, 3.63) is 34.2 Å². The molecule has 1 unspecified atom stereocenters. The Balaban J connectivity index is 1.97. The fraction of sp³-hybridized carbons (Fsp3) is 0.562. The molecule has 2 rings (SSSR count). The highest BCUT2D eigenvalue weighted by Crippen LogP contribution is 2.20. The normalized spacial score (nSPS) is 18.0. The van der Waals surface area contributed by atoms with Crippen LogP contribution in [0, 0.1) is 5.92 Å². The molecule has 0 radical (unpaired) electrons. The van der Waals surface area contributed by atoms with Gasteiger partial charge in [-0.1, -0.05) is 0 Å². The average Bonchev–Trinajstić information content (AvgIpc) is 2.87. The van der Waals surface area contributed by atoms with E-state index in [-0.39, 0.29) is 23.1 Å². The first-order valence-corrected chi connectivity index (χ1v) is 7.57. The standard InChI is InChI=1S/C16H22N2O5/c1-16(2,3)23-15(22)18-6-4-11(10-18)9-17-7-5-12(14(20)21)8-13(17)19/h5,7-8,11H,4,6,9-10H2,1-3H3,(H,20,21). The van der Waals surface area contributed by atoms with Gasteiger partial charge in [0.1, 0.15) is 5.60 Å². The molecule has 1 fully saturated rings. The molecule has 1 atom stereocenters. The number of hydrogen-bond acceptors (Lipinski definition) is 4. The van der Waals surface area contributed by atoms with E-state index in [1.165, 1.54) is 16.8 Å². The second-order valence-electron chi connectivity index (χ2n) is 6.79. The average molecular weight is 322 g/mol. The fourth-order valence-electron chi connectivity index (χ4n) is 2.54. The lowest BCUT2D eigenvalue weighted by molar-refractivity contribution is 0.0286. The van der Waals surface area contributed by atoms with Crippen molar-refractivity contribution in [1.29, 1.82) is 0 Å². The van der Waals surface area contributed by atoms with Gasteiger partial charge in [-0.25, -0.2) is 9.59 Å². The number of hydrogen-bond donors (Lipinski definition) is 1. The van der Waals surface area contributed by atoms with Crippen LogP contribution in [-0.4, -0.2) is 45.3 Å². The Morgan fingerprint density at radius 3 is 2.65 bits per heavy atom. The van der Waals surface area contributed by atoms with Crippen molar-refractivity contribution < 1.29 is 19.4 Å². The van der Waals surface area contributed by atoms with Crippen LogP contribution in [0.1, 0.15) is 37.6 Å². The first-order valence-electron chi connectivity index (χ1n) is 7.57. The van der Waals surface area contributed by atoms with Crippen molar-refractivity contribution in [2.75, 3.05) is 13.1 Å². The maximum Gasteiger partial charge on any atom is 0.410 e. The summed E-state index contributed by atoms with van der Waals surface area (Å²) in [6.45, 7) is 7.05. The molecule has 1 aromatic rings. The van der Waals surface area contributed by atoms with E-state index in [2.05, 4.69) is 0 Å². The second-order valence-corrected chi connectivity index (χ2v) is 6.79. The molecule has 7 heteroatoms. The van der Waals surface area contributed by atoms with E-state index in [1.54, 1.807) is 4.90 Å². The van der Waals surface area contributed by atoms with E-state index < -0.39 is 11.6 Å². The van der Waals surface area contributed by atoms with Crippen LogP contribution in [0.4, 0.5) is 4.79 Å². The van der Waals surface area contributed by atoms with Crippen molar-refractivity contribution in [3.8, 4) is 0 Å². The van der Waals surface area contributed by atoms with Crippen molar-refractivity contribution in [1.82, 2.24) is 9.47 Å². The van der Waals surface area contributed by atoms with E-state index >= 15 is 0 Å². The fourth-order valence-corrected chi connectivity index (χ4v) is 2.54. The number of pyridine rings is 1. The third-order valence-electron chi connectivity index (χ3n) is 3.64. The van der Waals surface area contributed by atoms with Gasteiger partial charge >= 0.3 is 12.1 Å². The summed E-state index contributed by atoms with van der Waals surface area (Å²) in [7, 11) is 0. The van der Waals surface area contributed by atoms with E-state index in [4.69, 9.17) is 9.84 Å². The number of carboxylic acids is 1. The van der Waals surface area contributed by atoms with Crippen molar-refractivity contribution in [2.24, 2.45) is 5.92 Å². The largest absolute Gasteiger partial charge is 0.478 e. The van der Waals surface area contributed by atoms with E-state index in [1.807, 2.05) is 20.8 Å². The number of carboxylic acid groups (broad SMARTS) is 1. The molecular weight excluding hydrogens is 300 g/mol. The number of carbonyl (C=O) groups is 2. The Bertz CT molecular complexity index is 659. The summed E-state index contributed by atoms with van der Waals surface area (Å²) in [6.07, 6.45) is 1.93. The van der Waals surface area contributed by atoms with Gasteiger partial charge in [-0.3, -0.25) is 4.79 Å². The predicted molar refractivity (Wildman–Crippen MR) is 83.6 cm³/mol. The van der Waals surface area contributed by atoms with Gasteiger partial charge < -0.3 is 19.3 Å². The number of aromatic carboxylic acids is 1. The lowest BCUT2D eigenvalue weighted by atomic mass is 10.1. The van der Waals surface area contributed by atoms with E-state index in [9.17, 15) is 14.4 Å². The van der Waals surface area contributed by atoms with Gasteiger partial charge in [0.25, 0.3) is 5.56 Å². The van der Waals surface area contributed by atoms with Gasteiger partial charge in [0.05, 0.1) is 5.56 Å². The minimum Gasteiger partial charge on any atom is -0.478 e. The Labute approximate surface area is 134 Å². The van der Waals surface area contributed by atoms with Gasteiger partial charge in [-0.15, -0.1) is 0 Å². The zero-order valence-corrected chi connectivity index (χ0v) is 13.6. The number of likely N-dealkylation sites (tertiary alicyclic amines) is 1. The van der Waals surface area contributed by atoms with Crippen LogP contribution in [0.2, 0.25) is 0 Å². The van der Waals surface area contributed by atoms with Crippen molar-refractivity contribution in [2.45, 2.75) is 39.3 Å². The summed E-state index contributed by atoms with van der Waals surface area (Å²) >= 11 is 0. The molecule has 0 spiro atoms. The van der Waals surface area contributed by atoms with Crippen LogP contribution in [-0.2, 0) is 11.3 Å². The van der Waals surface area contributed by atoms with E-state index in [0.717, 1.165) is 12.5 Å². The molecule has 1 aliphatic heterocycles. The Kier molecular flexibility index (Phi) is 4.77. The van der Waals surface area contributed by atoms with Crippen LogP contribution < -0.4 is 5.56 Å². The summed E-state index contributed by atoms with van der Waals surface area (Å²) in [6, 6.07) is 2.52. The summed E-state index contributed by atoms with van der Waals surface area (Å²) in [5.74, 6) is -0.970. The molecule has 1 amide bonds. The predicted octanol–water partition coefficient (Wildman–Crippen LogP) is 1.80. The summed E-state index contributed by atoms with van der Waals surface area (Å²) < 4.78 is 6.82. The molecule has 126 valence electrons. The van der Waals surface area contributed by atoms with Crippen LogP contribution in [0.3, 0.4) is 0 Å². The lowest BCUT2D eigenvalue weighted by Crippen LogP contribution is -2.35. The highest BCUT2D eigenvalue weighted by Gasteiger charge is 2.30.